The average Bonchev–Trinajstić information content (AvgIpc) is 3.16. The molecule has 0 bridgehead atoms. The van der Waals surface area contributed by atoms with Crippen LogP contribution in [0.25, 0.3) is 0 Å². The molecule has 4 rings (SSSR count). The zero-order chi connectivity index (χ0) is 16.5. The maximum absolute atomic E-state index is 13.0. The number of carbonyl (C=O) groups is 2. The van der Waals surface area contributed by atoms with Crippen LogP contribution in [0.2, 0.25) is 0 Å². The summed E-state index contributed by atoms with van der Waals surface area (Å²) < 4.78 is 1.96. The van der Waals surface area contributed by atoms with Crippen molar-refractivity contribution in [2.24, 2.45) is 0 Å². The topological polar surface area (TPSA) is 58.4 Å². The van der Waals surface area contributed by atoms with Gasteiger partial charge >= 0.3 is 0 Å². The van der Waals surface area contributed by atoms with Gasteiger partial charge in [-0.2, -0.15) is 5.10 Å². The fraction of sp³-hybridized carbons (Fsp3) is 0.722. The van der Waals surface area contributed by atoms with E-state index < -0.39 is 0 Å². The minimum Gasteiger partial charge on any atom is -0.341 e. The van der Waals surface area contributed by atoms with Gasteiger partial charge in [0.05, 0.1) is 17.8 Å². The molecule has 6 heteroatoms. The third-order valence-corrected chi connectivity index (χ3v) is 5.79. The number of piperidine rings is 1. The van der Waals surface area contributed by atoms with Crippen molar-refractivity contribution in [3.05, 3.63) is 18.0 Å². The standard InChI is InChI=1S/C18H26N4O2/c23-17-8-4-9-20(17)13-16-5-1-2-10-21(16)18(24)14-11-19-22(12-14)15-6-3-7-15/h11-12,15-16H,1-10,13H2. The first kappa shape index (κ1) is 15.7. The van der Waals surface area contributed by atoms with Gasteiger partial charge in [-0.1, -0.05) is 0 Å². The highest BCUT2D eigenvalue weighted by atomic mass is 16.2. The molecule has 0 radical (unpaired) electrons. The normalized spacial score (nSPS) is 25.2. The fourth-order valence-corrected chi connectivity index (χ4v) is 4.07. The van der Waals surface area contributed by atoms with Crippen LogP contribution in [0.15, 0.2) is 12.4 Å². The number of carbonyl (C=O) groups excluding carboxylic acids is 2. The largest absolute Gasteiger partial charge is 0.341 e. The van der Waals surface area contributed by atoms with Crippen molar-refractivity contribution in [3.8, 4) is 0 Å². The Bertz CT molecular complexity index is 622. The van der Waals surface area contributed by atoms with Crippen molar-refractivity contribution >= 4 is 11.8 Å². The van der Waals surface area contributed by atoms with Gasteiger partial charge in [-0.05, 0) is 44.9 Å². The Morgan fingerprint density at radius 2 is 2.00 bits per heavy atom. The van der Waals surface area contributed by atoms with Crippen LogP contribution >= 0.6 is 0 Å². The van der Waals surface area contributed by atoms with Gasteiger partial charge in [0.2, 0.25) is 5.91 Å². The van der Waals surface area contributed by atoms with Crippen molar-refractivity contribution in [2.45, 2.75) is 63.5 Å². The lowest BCUT2D eigenvalue weighted by Gasteiger charge is -2.37. The van der Waals surface area contributed by atoms with Crippen LogP contribution in [0.3, 0.4) is 0 Å². The highest BCUT2D eigenvalue weighted by Gasteiger charge is 2.32. The molecule has 3 fully saturated rings. The minimum atomic E-state index is 0.0805. The van der Waals surface area contributed by atoms with E-state index in [1.54, 1.807) is 6.20 Å². The molecule has 24 heavy (non-hydrogen) atoms. The first-order valence-corrected chi connectivity index (χ1v) is 9.35. The molecule has 3 aliphatic rings. The first-order valence-electron chi connectivity index (χ1n) is 9.35. The van der Waals surface area contributed by atoms with Gasteiger partial charge in [-0.15, -0.1) is 0 Å². The zero-order valence-electron chi connectivity index (χ0n) is 14.2. The van der Waals surface area contributed by atoms with Crippen LogP contribution in [-0.2, 0) is 4.79 Å². The molecule has 6 nitrogen and oxygen atoms in total. The van der Waals surface area contributed by atoms with E-state index in [2.05, 4.69) is 5.10 Å². The zero-order valence-corrected chi connectivity index (χ0v) is 14.2. The second-order valence-electron chi connectivity index (χ2n) is 7.39. The Hall–Kier alpha value is -1.85. The van der Waals surface area contributed by atoms with E-state index in [-0.39, 0.29) is 17.9 Å². The van der Waals surface area contributed by atoms with Crippen LogP contribution in [-0.4, -0.2) is 57.1 Å². The monoisotopic (exact) mass is 330 g/mol. The van der Waals surface area contributed by atoms with E-state index in [0.29, 0.717) is 24.6 Å². The molecule has 3 heterocycles. The summed E-state index contributed by atoms with van der Waals surface area (Å²) in [5.41, 5.74) is 0.696. The lowest BCUT2D eigenvalue weighted by molar-refractivity contribution is -0.128. The summed E-state index contributed by atoms with van der Waals surface area (Å²) in [6.45, 7) is 2.33. The maximum atomic E-state index is 13.0. The number of hydrogen-bond donors (Lipinski definition) is 0. The van der Waals surface area contributed by atoms with E-state index >= 15 is 0 Å². The SMILES string of the molecule is O=C1CCCN1CC1CCCCN1C(=O)c1cnn(C2CCC2)c1. The summed E-state index contributed by atoms with van der Waals surface area (Å²) in [5.74, 6) is 0.322. The second-order valence-corrected chi connectivity index (χ2v) is 7.39. The Morgan fingerprint density at radius 1 is 1.12 bits per heavy atom. The highest BCUT2D eigenvalue weighted by molar-refractivity contribution is 5.94. The smallest absolute Gasteiger partial charge is 0.257 e. The van der Waals surface area contributed by atoms with E-state index in [1.807, 2.05) is 20.7 Å². The third kappa shape index (κ3) is 2.94. The van der Waals surface area contributed by atoms with Crippen LogP contribution in [0.5, 0.6) is 0 Å². The molecule has 0 N–H and O–H groups in total. The summed E-state index contributed by atoms with van der Waals surface area (Å²) >= 11 is 0. The molecule has 2 aliphatic heterocycles. The number of amides is 2. The van der Waals surface area contributed by atoms with Gasteiger partial charge in [0.15, 0.2) is 0 Å². The van der Waals surface area contributed by atoms with Gasteiger partial charge < -0.3 is 9.80 Å². The van der Waals surface area contributed by atoms with Gasteiger partial charge in [-0.25, -0.2) is 0 Å². The summed E-state index contributed by atoms with van der Waals surface area (Å²) in [6, 6.07) is 0.631. The third-order valence-electron chi connectivity index (χ3n) is 5.79. The number of likely N-dealkylation sites (tertiary alicyclic amines) is 2. The number of rotatable bonds is 4. The summed E-state index contributed by atoms with van der Waals surface area (Å²) in [5, 5.41) is 4.40. The first-order chi connectivity index (χ1) is 11.7. The summed E-state index contributed by atoms with van der Waals surface area (Å²) in [4.78, 5) is 28.8. The average molecular weight is 330 g/mol. The lowest BCUT2D eigenvalue weighted by atomic mass is 9.93. The van der Waals surface area contributed by atoms with Gasteiger partial charge in [-0.3, -0.25) is 14.3 Å². The van der Waals surface area contributed by atoms with Gasteiger partial charge in [0, 0.05) is 38.3 Å². The minimum absolute atomic E-state index is 0.0805. The van der Waals surface area contributed by atoms with Crippen LogP contribution in [0.1, 0.15) is 67.8 Å². The molecule has 130 valence electrons. The predicted molar refractivity (Wildman–Crippen MR) is 89.6 cm³/mol. The Balaban J connectivity index is 1.46. The van der Waals surface area contributed by atoms with Gasteiger partial charge in [0.25, 0.3) is 5.91 Å². The van der Waals surface area contributed by atoms with Crippen molar-refractivity contribution < 1.29 is 9.59 Å². The summed E-state index contributed by atoms with van der Waals surface area (Å²) in [7, 11) is 0. The molecular weight excluding hydrogens is 304 g/mol. The number of nitrogens with zero attached hydrogens (tertiary/aromatic N) is 4. The van der Waals surface area contributed by atoms with Crippen LogP contribution < -0.4 is 0 Å². The molecule has 0 aromatic carbocycles. The Labute approximate surface area is 142 Å². The number of hydrogen-bond acceptors (Lipinski definition) is 3. The quantitative estimate of drug-likeness (QED) is 0.850. The van der Waals surface area contributed by atoms with Crippen LogP contribution in [0.4, 0.5) is 0 Å². The van der Waals surface area contributed by atoms with Crippen molar-refractivity contribution in [1.82, 2.24) is 19.6 Å². The highest BCUT2D eigenvalue weighted by Crippen LogP contribution is 2.31. The van der Waals surface area contributed by atoms with Crippen molar-refractivity contribution in [1.29, 1.82) is 0 Å². The molecule has 2 amide bonds. The Morgan fingerprint density at radius 3 is 2.71 bits per heavy atom. The molecule has 1 aliphatic carbocycles. The molecule has 1 saturated carbocycles. The molecule has 1 aromatic heterocycles. The summed E-state index contributed by atoms with van der Waals surface area (Å²) in [6.07, 6.45) is 12.0. The molecule has 1 atom stereocenters. The second kappa shape index (κ2) is 6.57. The molecule has 0 spiro atoms. The van der Waals surface area contributed by atoms with E-state index in [0.717, 1.165) is 38.8 Å². The van der Waals surface area contributed by atoms with E-state index in [4.69, 9.17) is 0 Å². The fourth-order valence-electron chi connectivity index (χ4n) is 4.07. The van der Waals surface area contributed by atoms with Crippen LogP contribution in [0, 0.1) is 0 Å². The molecular formula is C18H26N4O2. The van der Waals surface area contributed by atoms with E-state index in [1.165, 1.54) is 19.3 Å². The van der Waals surface area contributed by atoms with Crippen molar-refractivity contribution in [3.63, 3.8) is 0 Å². The van der Waals surface area contributed by atoms with Crippen molar-refractivity contribution in [2.75, 3.05) is 19.6 Å². The molecule has 1 unspecified atom stereocenters. The molecule has 1 aromatic rings. The Kier molecular flexibility index (Phi) is 4.29. The predicted octanol–water partition coefficient (Wildman–Crippen LogP) is 2.23. The number of aromatic nitrogens is 2. The van der Waals surface area contributed by atoms with Gasteiger partial charge in [0.1, 0.15) is 0 Å². The lowest BCUT2D eigenvalue weighted by Crippen LogP contribution is -2.49. The maximum Gasteiger partial charge on any atom is 0.257 e. The van der Waals surface area contributed by atoms with E-state index in [9.17, 15) is 9.59 Å². The molecule has 2 saturated heterocycles.